The lowest BCUT2D eigenvalue weighted by Gasteiger charge is -2.32. The molecular formula is C16H27N5O. The van der Waals surface area contributed by atoms with E-state index in [0.717, 1.165) is 31.0 Å². The first-order valence-electron chi connectivity index (χ1n) is 7.98. The maximum Gasteiger partial charge on any atom is 0.225 e. The summed E-state index contributed by atoms with van der Waals surface area (Å²) in [5.74, 6) is 0.799. The molecule has 1 atom stereocenters. The first kappa shape index (κ1) is 16.7. The summed E-state index contributed by atoms with van der Waals surface area (Å²) in [7, 11) is 0. The SMILES string of the molecule is CC(C)(C)c1ccnc(N2CCCC(C(=O)NCCN)C2)n1. The summed E-state index contributed by atoms with van der Waals surface area (Å²) in [5, 5.41) is 2.88. The Morgan fingerprint density at radius 1 is 1.50 bits per heavy atom. The number of hydrogen-bond acceptors (Lipinski definition) is 5. The van der Waals surface area contributed by atoms with Gasteiger partial charge in [0, 0.05) is 37.8 Å². The summed E-state index contributed by atoms with van der Waals surface area (Å²) in [6.45, 7) is 8.98. The molecule has 0 radical (unpaired) electrons. The molecule has 3 N–H and O–H groups in total. The Kier molecular flexibility index (Phi) is 5.34. The van der Waals surface area contributed by atoms with Crippen LogP contribution < -0.4 is 16.0 Å². The van der Waals surface area contributed by atoms with Crippen molar-refractivity contribution in [3.8, 4) is 0 Å². The van der Waals surface area contributed by atoms with E-state index in [0.29, 0.717) is 19.6 Å². The Morgan fingerprint density at radius 2 is 2.27 bits per heavy atom. The molecule has 1 fully saturated rings. The summed E-state index contributed by atoms with van der Waals surface area (Å²) >= 11 is 0. The zero-order valence-corrected chi connectivity index (χ0v) is 13.8. The van der Waals surface area contributed by atoms with Gasteiger partial charge in [-0.2, -0.15) is 0 Å². The maximum atomic E-state index is 12.1. The van der Waals surface area contributed by atoms with Crippen LogP contribution in [-0.4, -0.2) is 42.1 Å². The molecule has 122 valence electrons. The number of hydrogen-bond donors (Lipinski definition) is 2. The first-order valence-corrected chi connectivity index (χ1v) is 7.98. The van der Waals surface area contributed by atoms with Crippen molar-refractivity contribution in [2.24, 2.45) is 11.7 Å². The van der Waals surface area contributed by atoms with Crippen molar-refractivity contribution in [2.45, 2.75) is 39.0 Å². The highest BCUT2D eigenvalue weighted by molar-refractivity contribution is 5.79. The summed E-state index contributed by atoms with van der Waals surface area (Å²) in [5.41, 5.74) is 6.45. The molecule has 22 heavy (non-hydrogen) atoms. The molecule has 1 aliphatic rings. The molecule has 0 aromatic carbocycles. The van der Waals surface area contributed by atoms with Crippen molar-refractivity contribution < 1.29 is 4.79 Å². The van der Waals surface area contributed by atoms with Crippen molar-refractivity contribution in [3.63, 3.8) is 0 Å². The Balaban J connectivity index is 2.08. The second kappa shape index (κ2) is 7.05. The zero-order valence-electron chi connectivity index (χ0n) is 13.8. The van der Waals surface area contributed by atoms with E-state index in [1.54, 1.807) is 6.20 Å². The molecule has 1 aromatic heterocycles. The summed E-state index contributed by atoms with van der Waals surface area (Å²) in [6, 6.07) is 1.96. The molecule has 1 amide bonds. The van der Waals surface area contributed by atoms with Gasteiger partial charge in [0.25, 0.3) is 0 Å². The molecule has 1 saturated heterocycles. The van der Waals surface area contributed by atoms with Crippen LogP contribution in [0.2, 0.25) is 0 Å². The predicted octanol–water partition coefficient (Wildman–Crippen LogP) is 1.07. The lowest BCUT2D eigenvalue weighted by molar-refractivity contribution is -0.125. The fraction of sp³-hybridized carbons (Fsp3) is 0.688. The average Bonchev–Trinajstić information content (AvgIpc) is 2.52. The van der Waals surface area contributed by atoms with Gasteiger partial charge >= 0.3 is 0 Å². The number of amides is 1. The number of carbonyl (C=O) groups is 1. The fourth-order valence-corrected chi connectivity index (χ4v) is 2.63. The van der Waals surface area contributed by atoms with E-state index < -0.39 is 0 Å². The van der Waals surface area contributed by atoms with E-state index in [-0.39, 0.29) is 17.2 Å². The van der Waals surface area contributed by atoms with Crippen LogP contribution in [0.4, 0.5) is 5.95 Å². The number of nitrogens with two attached hydrogens (primary N) is 1. The van der Waals surface area contributed by atoms with Gasteiger partial charge < -0.3 is 16.0 Å². The monoisotopic (exact) mass is 305 g/mol. The molecule has 0 saturated carbocycles. The maximum absolute atomic E-state index is 12.1. The predicted molar refractivity (Wildman–Crippen MR) is 87.7 cm³/mol. The van der Waals surface area contributed by atoms with Crippen molar-refractivity contribution in [1.29, 1.82) is 0 Å². The molecule has 1 aliphatic heterocycles. The molecule has 0 aliphatic carbocycles. The van der Waals surface area contributed by atoms with E-state index in [1.807, 2.05) is 6.07 Å². The van der Waals surface area contributed by atoms with Gasteiger partial charge in [-0.3, -0.25) is 4.79 Å². The molecule has 6 nitrogen and oxygen atoms in total. The fourth-order valence-electron chi connectivity index (χ4n) is 2.63. The summed E-state index contributed by atoms with van der Waals surface area (Å²) < 4.78 is 0. The number of carbonyl (C=O) groups excluding carboxylic acids is 1. The van der Waals surface area contributed by atoms with Crippen LogP contribution in [0.25, 0.3) is 0 Å². The van der Waals surface area contributed by atoms with Gasteiger partial charge in [-0.1, -0.05) is 20.8 Å². The third-order valence-electron chi connectivity index (χ3n) is 3.93. The van der Waals surface area contributed by atoms with Gasteiger partial charge in [0.05, 0.1) is 11.6 Å². The molecule has 2 heterocycles. The molecule has 6 heteroatoms. The molecule has 1 aromatic rings. The molecule has 1 unspecified atom stereocenters. The van der Waals surface area contributed by atoms with Gasteiger partial charge in [0.15, 0.2) is 0 Å². The van der Waals surface area contributed by atoms with E-state index >= 15 is 0 Å². The minimum atomic E-state index is -0.0119. The number of anilines is 1. The minimum absolute atomic E-state index is 0.00855. The topological polar surface area (TPSA) is 84.1 Å². The van der Waals surface area contributed by atoms with Gasteiger partial charge in [0.1, 0.15) is 0 Å². The summed E-state index contributed by atoms with van der Waals surface area (Å²) in [4.78, 5) is 23.3. The third kappa shape index (κ3) is 4.16. The Bertz CT molecular complexity index is 512. The zero-order chi connectivity index (χ0) is 16.2. The number of nitrogens with one attached hydrogen (secondary N) is 1. The second-order valence-electron chi connectivity index (χ2n) is 6.86. The summed E-state index contributed by atoms with van der Waals surface area (Å²) in [6.07, 6.45) is 3.69. The van der Waals surface area contributed by atoms with Crippen LogP contribution >= 0.6 is 0 Å². The van der Waals surface area contributed by atoms with Gasteiger partial charge in [-0.15, -0.1) is 0 Å². The number of aromatic nitrogens is 2. The third-order valence-corrected chi connectivity index (χ3v) is 3.93. The van der Waals surface area contributed by atoms with Crippen LogP contribution in [0, 0.1) is 5.92 Å². The minimum Gasteiger partial charge on any atom is -0.355 e. The number of nitrogens with zero attached hydrogens (tertiary/aromatic N) is 3. The molecular weight excluding hydrogens is 278 g/mol. The normalized spacial score (nSPS) is 19.1. The lowest BCUT2D eigenvalue weighted by Crippen LogP contribution is -2.44. The van der Waals surface area contributed by atoms with Gasteiger partial charge in [-0.05, 0) is 18.9 Å². The standard InChI is InChI=1S/C16H27N5O/c1-16(2,3)13-6-8-19-15(20-13)21-10-4-5-12(11-21)14(22)18-9-7-17/h6,8,12H,4-5,7,9-11,17H2,1-3H3,(H,18,22). The second-order valence-corrected chi connectivity index (χ2v) is 6.86. The number of piperidine rings is 1. The lowest BCUT2D eigenvalue weighted by atomic mass is 9.92. The Hall–Kier alpha value is -1.69. The van der Waals surface area contributed by atoms with Crippen molar-refractivity contribution in [1.82, 2.24) is 15.3 Å². The van der Waals surface area contributed by atoms with Crippen LogP contribution in [0.1, 0.15) is 39.3 Å². The van der Waals surface area contributed by atoms with Gasteiger partial charge in [-0.25, -0.2) is 9.97 Å². The highest BCUT2D eigenvalue weighted by Crippen LogP contribution is 2.24. The van der Waals surface area contributed by atoms with Crippen molar-refractivity contribution in [2.75, 3.05) is 31.1 Å². The highest BCUT2D eigenvalue weighted by Gasteiger charge is 2.27. The Morgan fingerprint density at radius 3 is 2.95 bits per heavy atom. The molecule has 2 rings (SSSR count). The van der Waals surface area contributed by atoms with E-state index in [2.05, 4.69) is 41.0 Å². The van der Waals surface area contributed by atoms with E-state index in [1.165, 1.54) is 0 Å². The largest absolute Gasteiger partial charge is 0.355 e. The quantitative estimate of drug-likeness (QED) is 0.869. The Labute approximate surface area is 132 Å². The van der Waals surface area contributed by atoms with Crippen LogP contribution in [0.15, 0.2) is 12.3 Å². The van der Waals surface area contributed by atoms with Crippen molar-refractivity contribution in [3.05, 3.63) is 18.0 Å². The highest BCUT2D eigenvalue weighted by atomic mass is 16.1. The van der Waals surface area contributed by atoms with Crippen molar-refractivity contribution >= 4 is 11.9 Å². The molecule has 0 bridgehead atoms. The van der Waals surface area contributed by atoms with Gasteiger partial charge in [0.2, 0.25) is 11.9 Å². The molecule has 0 spiro atoms. The van der Waals surface area contributed by atoms with Crippen LogP contribution in [-0.2, 0) is 10.2 Å². The average molecular weight is 305 g/mol. The van der Waals surface area contributed by atoms with Crippen LogP contribution in [0.3, 0.4) is 0 Å². The first-order chi connectivity index (χ1) is 10.4. The van der Waals surface area contributed by atoms with Crippen LogP contribution in [0.5, 0.6) is 0 Å². The van der Waals surface area contributed by atoms with E-state index in [9.17, 15) is 4.79 Å². The smallest absolute Gasteiger partial charge is 0.225 e. The number of rotatable bonds is 4. The van der Waals surface area contributed by atoms with E-state index in [4.69, 9.17) is 5.73 Å².